The average molecular weight is 324 g/mol. The number of carbonyl (C=O) groups excluding carboxylic acids is 1. The van der Waals surface area contributed by atoms with Crippen LogP contribution in [0.3, 0.4) is 0 Å². The molecule has 3 nitrogen and oxygen atoms in total. The number of piperidine rings is 2. The summed E-state index contributed by atoms with van der Waals surface area (Å²) in [5.74, 6) is 0.452. The summed E-state index contributed by atoms with van der Waals surface area (Å²) >= 11 is 1.83. The fraction of sp³-hybridized carbons (Fsp3) is 0.421. The summed E-state index contributed by atoms with van der Waals surface area (Å²) < 4.78 is 0. The van der Waals surface area contributed by atoms with Gasteiger partial charge >= 0.3 is 0 Å². The van der Waals surface area contributed by atoms with E-state index in [4.69, 9.17) is 0 Å². The Kier molecular flexibility index (Phi) is 2.74. The zero-order valence-electron chi connectivity index (χ0n) is 13.2. The van der Waals surface area contributed by atoms with Gasteiger partial charge in [-0.3, -0.25) is 14.6 Å². The number of carbonyl (C=O) groups is 1. The summed E-state index contributed by atoms with van der Waals surface area (Å²) in [5.41, 5.74) is 0.607. The van der Waals surface area contributed by atoms with Gasteiger partial charge in [0.15, 0.2) is 5.78 Å². The standard InChI is InChI=1S/C19H20N2OS/c1-18-10-20-12-19(17(18)22,14-6-3-2-4-7-14)13-21(11-18)16(20)15-8-5-9-23-15/h2-9,16H,10-13H2,1H3. The minimum absolute atomic E-state index is 0.236. The molecule has 6 rings (SSSR count). The highest BCUT2D eigenvalue weighted by Crippen LogP contribution is 2.53. The van der Waals surface area contributed by atoms with Crippen molar-refractivity contribution in [3.05, 3.63) is 58.3 Å². The lowest BCUT2D eigenvalue weighted by atomic mass is 9.58. The van der Waals surface area contributed by atoms with E-state index < -0.39 is 0 Å². The summed E-state index contributed by atoms with van der Waals surface area (Å²) in [6.07, 6.45) is 0.355. The number of nitrogens with zero attached hydrogens (tertiary/aromatic N) is 2. The lowest BCUT2D eigenvalue weighted by Crippen LogP contribution is -2.77. The van der Waals surface area contributed by atoms with E-state index in [9.17, 15) is 4.79 Å². The second-order valence-electron chi connectivity index (χ2n) is 7.54. The molecule has 1 aromatic carbocycles. The van der Waals surface area contributed by atoms with Crippen molar-refractivity contribution in [2.45, 2.75) is 18.5 Å². The van der Waals surface area contributed by atoms with Gasteiger partial charge in [0.1, 0.15) is 0 Å². The van der Waals surface area contributed by atoms with Crippen molar-refractivity contribution < 1.29 is 4.79 Å². The third-order valence-electron chi connectivity index (χ3n) is 5.85. The van der Waals surface area contributed by atoms with Crippen LogP contribution in [0.2, 0.25) is 0 Å². The molecule has 1 aromatic heterocycles. The van der Waals surface area contributed by atoms with E-state index in [2.05, 4.69) is 58.5 Å². The zero-order chi connectivity index (χ0) is 15.7. The van der Waals surface area contributed by atoms with Crippen LogP contribution in [0, 0.1) is 5.41 Å². The minimum Gasteiger partial charge on any atom is -0.298 e. The highest BCUT2D eigenvalue weighted by atomic mass is 32.1. The molecule has 2 unspecified atom stereocenters. The Hall–Kier alpha value is -1.49. The van der Waals surface area contributed by atoms with Gasteiger partial charge < -0.3 is 0 Å². The summed E-state index contributed by atoms with van der Waals surface area (Å²) in [6, 6.07) is 14.8. The largest absolute Gasteiger partial charge is 0.298 e. The molecule has 4 aliphatic rings. The number of Topliss-reactive ketones (excluding diaryl/α,β-unsaturated/α-hetero) is 1. The molecule has 0 aliphatic carbocycles. The first kappa shape index (κ1) is 13.9. The third-order valence-corrected chi connectivity index (χ3v) is 6.76. The van der Waals surface area contributed by atoms with Crippen LogP contribution >= 0.6 is 11.3 Å². The van der Waals surface area contributed by atoms with Gasteiger partial charge in [-0.25, -0.2) is 0 Å². The molecule has 0 N–H and O–H groups in total. The van der Waals surface area contributed by atoms with E-state index in [1.165, 1.54) is 10.4 Å². The number of hydrogen-bond donors (Lipinski definition) is 0. The van der Waals surface area contributed by atoms with E-state index in [1.54, 1.807) is 0 Å². The summed E-state index contributed by atoms with van der Waals surface area (Å²) in [5, 5.41) is 2.16. The van der Waals surface area contributed by atoms with Crippen molar-refractivity contribution in [1.82, 2.24) is 9.80 Å². The van der Waals surface area contributed by atoms with Crippen LogP contribution in [0.1, 0.15) is 23.5 Å². The lowest BCUT2D eigenvalue weighted by Gasteiger charge is -2.65. The second-order valence-corrected chi connectivity index (χ2v) is 8.52. The van der Waals surface area contributed by atoms with Crippen molar-refractivity contribution in [3.63, 3.8) is 0 Å². The van der Waals surface area contributed by atoms with Crippen LogP contribution in [0.4, 0.5) is 0 Å². The smallest absolute Gasteiger partial charge is 0.154 e. The van der Waals surface area contributed by atoms with Gasteiger partial charge in [-0.1, -0.05) is 43.3 Å². The predicted molar refractivity (Wildman–Crippen MR) is 91.4 cm³/mol. The monoisotopic (exact) mass is 324 g/mol. The molecule has 23 heavy (non-hydrogen) atoms. The van der Waals surface area contributed by atoms with E-state index in [0.29, 0.717) is 11.9 Å². The second kappa shape index (κ2) is 4.53. The summed E-state index contributed by atoms with van der Waals surface area (Å²) in [6.45, 7) is 5.64. The van der Waals surface area contributed by atoms with Gasteiger partial charge in [-0.2, -0.15) is 0 Å². The quantitative estimate of drug-likeness (QED) is 0.849. The third kappa shape index (κ3) is 1.74. The molecule has 2 atom stereocenters. The molecular formula is C19H20N2OS. The Balaban J connectivity index is 1.63. The van der Waals surface area contributed by atoms with Crippen LogP contribution in [0.5, 0.6) is 0 Å². The molecular weight excluding hydrogens is 304 g/mol. The van der Waals surface area contributed by atoms with E-state index in [0.717, 1.165) is 26.2 Å². The highest BCUT2D eigenvalue weighted by Gasteiger charge is 2.64. The Morgan fingerprint density at radius 2 is 1.70 bits per heavy atom. The van der Waals surface area contributed by atoms with Crippen molar-refractivity contribution >= 4 is 17.1 Å². The Labute approximate surface area is 140 Å². The maximum Gasteiger partial charge on any atom is 0.154 e. The highest BCUT2D eigenvalue weighted by molar-refractivity contribution is 7.10. The SMILES string of the molecule is CC12CN3CC(c4ccccc4)(CN(C1)C3c1cccs1)C2=O. The summed E-state index contributed by atoms with van der Waals surface area (Å²) in [4.78, 5) is 19.8. The van der Waals surface area contributed by atoms with Crippen molar-refractivity contribution in [3.8, 4) is 0 Å². The van der Waals surface area contributed by atoms with Crippen LogP contribution in [-0.4, -0.2) is 41.8 Å². The van der Waals surface area contributed by atoms with E-state index >= 15 is 0 Å². The molecule has 4 fully saturated rings. The fourth-order valence-corrected chi connectivity index (χ4v) is 6.00. The molecule has 5 heterocycles. The van der Waals surface area contributed by atoms with E-state index in [-0.39, 0.29) is 10.8 Å². The van der Waals surface area contributed by atoms with Gasteiger partial charge in [-0.05, 0) is 17.0 Å². The molecule has 0 spiro atoms. The minimum atomic E-state index is -0.347. The molecule has 0 amide bonds. The number of ketones is 1. The molecule has 118 valence electrons. The van der Waals surface area contributed by atoms with Gasteiger partial charge in [0.2, 0.25) is 0 Å². The normalized spacial score (nSPS) is 41.4. The van der Waals surface area contributed by atoms with Crippen LogP contribution in [0.15, 0.2) is 47.8 Å². The average Bonchev–Trinajstić information content (AvgIpc) is 3.06. The summed E-state index contributed by atoms with van der Waals surface area (Å²) in [7, 11) is 0. The van der Waals surface area contributed by atoms with Crippen molar-refractivity contribution in [2.75, 3.05) is 26.2 Å². The number of benzene rings is 1. The molecule has 0 saturated carbocycles. The van der Waals surface area contributed by atoms with E-state index in [1.807, 2.05) is 17.4 Å². The molecule has 4 bridgehead atoms. The molecule has 4 saturated heterocycles. The first-order valence-corrected chi connectivity index (χ1v) is 9.12. The number of hydrogen-bond acceptors (Lipinski definition) is 4. The van der Waals surface area contributed by atoms with Gasteiger partial charge in [0.25, 0.3) is 0 Å². The van der Waals surface area contributed by atoms with Gasteiger partial charge in [-0.15, -0.1) is 11.3 Å². The van der Waals surface area contributed by atoms with Crippen LogP contribution in [0.25, 0.3) is 0 Å². The van der Waals surface area contributed by atoms with Crippen molar-refractivity contribution in [2.24, 2.45) is 5.41 Å². The first-order chi connectivity index (χ1) is 11.1. The maximum atomic E-state index is 13.4. The van der Waals surface area contributed by atoms with Crippen LogP contribution in [-0.2, 0) is 10.2 Å². The van der Waals surface area contributed by atoms with Crippen LogP contribution < -0.4 is 0 Å². The van der Waals surface area contributed by atoms with Gasteiger partial charge in [0, 0.05) is 31.1 Å². The Morgan fingerprint density at radius 3 is 2.30 bits per heavy atom. The fourth-order valence-electron chi connectivity index (χ4n) is 5.11. The maximum absolute atomic E-state index is 13.4. The molecule has 2 aromatic rings. The zero-order valence-corrected chi connectivity index (χ0v) is 14.1. The topological polar surface area (TPSA) is 23.6 Å². The number of rotatable bonds is 2. The molecule has 4 aliphatic heterocycles. The Bertz CT molecular complexity index is 739. The lowest BCUT2D eigenvalue weighted by molar-refractivity contribution is -0.185. The van der Waals surface area contributed by atoms with Gasteiger partial charge in [0.05, 0.1) is 17.0 Å². The Morgan fingerprint density at radius 1 is 1.00 bits per heavy atom. The molecule has 0 radical (unpaired) electrons. The van der Waals surface area contributed by atoms with Crippen molar-refractivity contribution in [1.29, 1.82) is 0 Å². The number of thiophene rings is 1. The first-order valence-electron chi connectivity index (χ1n) is 8.24. The predicted octanol–water partition coefficient (Wildman–Crippen LogP) is 2.90. The molecule has 4 heteroatoms.